The fourth-order valence-electron chi connectivity index (χ4n) is 4.89. The molecule has 1 aromatic heterocycles. The summed E-state index contributed by atoms with van der Waals surface area (Å²) in [6.45, 7) is 1.18. The molecule has 0 unspecified atom stereocenters. The summed E-state index contributed by atoms with van der Waals surface area (Å²) in [4.78, 5) is 31.7. The molecule has 2 aromatic rings. The molecule has 1 atom stereocenters. The zero-order valence-corrected chi connectivity index (χ0v) is 21.3. The second kappa shape index (κ2) is 11.5. The van der Waals surface area contributed by atoms with E-state index in [0.29, 0.717) is 32.5 Å². The molecule has 0 bridgehead atoms. The Morgan fingerprint density at radius 3 is 2.70 bits per heavy atom. The van der Waals surface area contributed by atoms with Crippen LogP contribution in [-0.2, 0) is 27.9 Å². The number of carbonyl (C=O) groups is 2. The van der Waals surface area contributed by atoms with Crippen molar-refractivity contribution in [3.05, 3.63) is 51.5 Å². The van der Waals surface area contributed by atoms with E-state index < -0.39 is 23.2 Å². The summed E-state index contributed by atoms with van der Waals surface area (Å²) in [7, 11) is 1.61. The molecular weight excluding hydrogens is 509 g/mol. The Hall–Kier alpha value is -2.54. The van der Waals surface area contributed by atoms with E-state index in [1.807, 2.05) is 0 Å². The number of carbonyl (C=O) groups excluding carboxylic acids is 2. The molecule has 202 valence electrons. The number of aromatic nitrogens is 1. The second-order valence-electron chi connectivity index (χ2n) is 9.61. The van der Waals surface area contributed by atoms with Crippen molar-refractivity contribution in [1.29, 1.82) is 0 Å². The molecule has 4 rings (SSSR count). The SMILES string of the molecule is COCc1ncc(C2(O)CCC(N[C@H]3CCN(C(=O)CNC(=O)c4cccc(C(F)(F)F)c4)C3)CC2)s1. The Kier molecular flexibility index (Phi) is 8.52. The molecule has 12 heteroatoms. The van der Waals surface area contributed by atoms with Gasteiger partial charge in [-0.15, -0.1) is 11.3 Å². The van der Waals surface area contributed by atoms with Crippen LogP contribution in [0, 0.1) is 0 Å². The lowest BCUT2D eigenvalue weighted by atomic mass is 9.81. The maximum absolute atomic E-state index is 12.9. The molecule has 2 heterocycles. The minimum Gasteiger partial charge on any atom is -0.384 e. The number of ether oxygens (including phenoxy) is 1. The number of amides is 2. The van der Waals surface area contributed by atoms with Gasteiger partial charge in [0.1, 0.15) is 10.6 Å². The van der Waals surface area contributed by atoms with Crippen molar-refractivity contribution in [1.82, 2.24) is 20.5 Å². The van der Waals surface area contributed by atoms with Crippen molar-refractivity contribution in [3.63, 3.8) is 0 Å². The lowest BCUT2D eigenvalue weighted by molar-refractivity contribution is -0.137. The number of thiazole rings is 1. The Morgan fingerprint density at radius 1 is 1.24 bits per heavy atom. The van der Waals surface area contributed by atoms with Crippen LogP contribution in [-0.4, -0.2) is 65.6 Å². The van der Waals surface area contributed by atoms with Gasteiger partial charge in [0.25, 0.3) is 5.91 Å². The number of rotatable bonds is 8. The van der Waals surface area contributed by atoms with Crippen LogP contribution in [0.15, 0.2) is 30.5 Å². The Balaban J connectivity index is 1.21. The lowest BCUT2D eigenvalue weighted by Crippen LogP contribution is -2.46. The van der Waals surface area contributed by atoms with E-state index >= 15 is 0 Å². The summed E-state index contributed by atoms with van der Waals surface area (Å²) in [6, 6.07) is 4.45. The molecular formula is C25H31F3N4O4S. The van der Waals surface area contributed by atoms with Gasteiger partial charge in [0.2, 0.25) is 5.91 Å². The summed E-state index contributed by atoms with van der Waals surface area (Å²) in [6.07, 6.45) is 0.793. The van der Waals surface area contributed by atoms with Crippen LogP contribution in [0.5, 0.6) is 0 Å². The third-order valence-corrected chi connectivity index (χ3v) is 8.12. The van der Waals surface area contributed by atoms with E-state index in [0.717, 1.165) is 41.3 Å². The Bertz CT molecular complexity index is 1100. The monoisotopic (exact) mass is 540 g/mol. The number of nitrogens with zero attached hydrogens (tertiary/aromatic N) is 2. The number of halogens is 3. The summed E-state index contributed by atoms with van der Waals surface area (Å²) >= 11 is 1.48. The maximum Gasteiger partial charge on any atom is 0.416 e. The first-order valence-corrected chi connectivity index (χ1v) is 13.0. The van der Waals surface area contributed by atoms with Gasteiger partial charge < -0.3 is 25.4 Å². The minimum absolute atomic E-state index is 0.107. The topological polar surface area (TPSA) is 104 Å². The van der Waals surface area contributed by atoms with Crippen molar-refractivity contribution in [2.45, 2.75) is 62.6 Å². The van der Waals surface area contributed by atoms with E-state index in [-0.39, 0.29) is 30.1 Å². The van der Waals surface area contributed by atoms with E-state index in [1.54, 1.807) is 18.2 Å². The standard InChI is InChI=1S/C25H31F3N4O4S/c1-36-15-21-29-12-20(37-21)24(35)8-5-18(6-9-24)31-19-7-10-32(14-19)22(33)13-30-23(34)16-3-2-4-17(11-16)25(26,27)28/h2-4,11-12,18-19,31,35H,5-10,13-15H2,1H3,(H,30,34)/t18?,19-,24?/m0/s1. The molecule has 2 aliphatic rings. The average Bonchev–Trinajstić information content (AvgIpc) is 3.54. The highest BCUT2D eigenvalue weighted by atomic mass is 32.1. The molecule has 2 fully saturated rings. The lowest BCUT2D eigenvalue weighted by Gasteiger charge is -2.36. The molecule has 1 aromatic carbocycles. The van der Waals surface area contributed by atoms with E-state index in [9.17, 15) is 27.9 Å². The predicted molar refractivity (Wildman–Crippen MR) is 131 cm³/mol. The summed E-state index contributed by atoms with van der Waals surface area (Å²) < 4.78 is 43.8. The number of hydrogen-bond acceptors (Lipinski definition) is 7. The number of likely N-dealkylation sites (tertiary alicyclic amines) is 1. The van der Waals surface area contributed by atoms with Crippen molar-refractivity contribution in [3.8, 4) is 0 Å². The third kappa shape index (κ3) is 6.86. The molecule has 1 aliphatic heterocycles. The second-order valence-corrected chi connectivity index (χ2v) is 10.7. The number of alkyl halides is 3. The summed E-state index contributed by atoms with van der Waals surface area (Å²) in [5.74, 6) is -1.00. The molecule has 0 spiro atoms. The van der Waals surface area contributed by atoms with Crippen molar-refractivity contribution in [2.24, 2.45) is 0 Å². The van der Waals surface area contributed by atoms with Crippen LogP contribution in [0.4, 0.5) is 13.2 Å². The summed E-state index contributed by atoms with van der Waals surface area (Å²) in [5.41, 5.74) is -1.93. The van der Waals surface area contributed by atoms with Crippen LogP contribution in [0.25, 0.3) is 0 Å². The van der Waals surface area contributed by atoms with E-state index in [1.165, 1.54) is 23.5 Å². The van der Waals surface area contributed by atoms with Crippen molar-refractivity contribution < 1.29 is 32.6 Å². The van der Waals surface area contributed by atoms with Crippen molar-refractivity contribution in [2.75, 3.05) is 26.7 Å². The average molecular weight is 541 g/mol. The van der Waals surface area contributed by atoms with Gasteiger partial charge in [-0.2, -0.15) is 13.2 Å². The number of aliphatic hydroxyl groups is 1. The molecule has 1 saturated carbocycles. The smallest absolute Gasteiger partial charge is 0.384 e. The number of methoxy groups -OCH3 is 1. The van der Waals surface area contributed by atoms with Crippen LogP contribution in [0.2, 0.25) is 0 Å². The normalized spacial score (nSPS) is 24.3. The first-order chi connectivity index (χ1) is 17.6. The van der Waals surface area contributed by atoms with Crippen LogP contribution in [0.1, 0.15) is 57.9 Å². The fraction of sp³-hybridized carbons (Fsp3) is 0.560. The van der Waals surface area contributed by atoms with E-state index in [2.05, 4.69) is 15.6 Å². The van der Waals surface area contributed by atoms with Gasteiger partial charge in [0, 0.05) is 44.0 Å². The van der Waals surface area contributed by atoms with Crippen LogP contribution < -0.4 is 10.6 Å². The number of benzene rings is 1. The highest BCUT2D eigenvalue weighted by molar-refractivity contribution is 7.11. The first kappa shape index (κ1) is 27.5. The zero-order valence-electron chi connectivity index (χ0n) is 20.5. The summed E-state index contributed by atoms with van der Waals surface area (Å²) in [5, 5.41) is 18.0. The highest BCUT2D eigenvalue weighted by Crippen LogP contribution is 2.40. The van der Waals surface area contributed by atoms with Crippen molar-refractivity contribution >= 4 is 23.2 Å². The first-order valence-electron chi connectivity index (χ1n) is 12.2. The van der Waals surface area contributed by atoms with Gasteiger partial charge in [0.15, 0.2) is 0 Å². The maximum atomic E-state index is 12.9. The van der Waals surface area contributed by atoms with Gasteiger partial charge in [-0.1, -0.05) is 6.07 Å². The van der Waals surface area contributed by atoms with Gasteiger partial charge >= 0.3 is 6.18 Å². The largest absolute Gasteiger partial charge is 0.416 e. The highest BCUT2D eigenvalue weighted by Gasteiger charge is 2.38. The van der Waals surface area contributed by atoms with Crippen LogP contribution >= 0.6 is 11.3 Å². The van der Waals surface area contributed by atoms with Gasteiger partial charge in [-0.05, 0) is 50.3 Å². The Labute approximate surface area is 217 Å². The molecule has 0 radical (unpaired) electrons. The van der Waals surface area contributed by atoms with Gasteiger partial charge in [-0.3, -0.25) is 9.59 Å². The molecule has 2 amide bonds. The zero-order chi connectivity index (χ0) is 26.6. The fourth-order valence-corrected chi connectivity index (χ4v) is 5.92. The van der Waals surface area contributed by atoms with Crippen LogP contribution in [0.3, 0.4) is 0 Å². The molecule has 8 nitrogen and oxygen atoms in total. The van der Waals surface area contributed by atoms with Gasteiger partial charge in [-0.25, -0.2) is 4.98 Å². The third-order valence-electron chi connectivity index (χ3n) is 6.96. The number of hydrogen-bond donors (Lipinski definition) is 3. The molecule has 37 heavy (non-hydrogen) atoms. The molecule has 1 saturated heterocycles. The molecule has 3 N–H and O–H groups in total. The van der Waals surface area contributed by atoms with Gasteiger partial charge in [0.05, 0.1) is 23.6 Å². The Morgan fingerprint density at radius 2 is 2.00 bits per heavy atom. The number of nitrogens with one attached hydrogen (secondary N) is 2. The minimum atomic E-state index is -4.55. The quantitative estimate of drug-likeness (QED) is 0.476. The molecule has 1 aliphatic carbocycles. The predicted octanol–water partition coefficient (Wildman–Crippen LogP) is 3.06. The van der Waals surface area contributed by atoms with E-state index in [4.69, 9.17) is 4.74 Å².